The van der Waals surface area contributed by atoms with Crippen LogP contribution in [0.5, 0.6) is 11.5 Å². The maximum atomic E-state index is 13.8. The smallest absolute Gasteiger partial charge is 0.254 e. The van der Waals surface area contributed by atoms with Crippen LogP contribution in [0, 0.1) is 5.82 Å². The van der Waals surface area contributed by atoms with Crippen LogP contribution in [-0.4, -0.2) is 51.2 Å². The Morgan fingerprint density at radius 2 is 1.76 bits per heavy atom. The first-order valence-corrected chi connectivity index (χ1v) is 8.14. The molecule has 0 N–H and O–H groups in total. The van der Waals surface area contributed by atoms with Crippen molar-refractivity contribution in [3.63, 3.8) is 0 Å². The van der Waals surface area contributed by atoms with Gasteiger partial charge in [-0.2, -0.15) is 0 Å². The van der Waals surface area contributed by atoms with Gasteiger partial charge < -0.3 is 19.3 Å². The number of halogens is 1. The molecular formula is C19H21FN2O3. The van der Waals surface area contributed by atoms with Gasteiger partial charge in [0.05, 0.1) is 14.2 Å². The molecule has 5 nitrogen and oxygen atoms in total. The van der Waals surface area contributed by atoms with E-state index in [1.54, 1.807) is 18.1 Å². The number of ether oxygens (including phenoxy) is 2. The van der Waals surface area contributed by atoms with Crippen LogP contribution in [0.15, 0.2) is 42.5 Å². The molecule has 2 aromatic carbocycles. The molecule has 0 unspecified atom stereocenters. The zero-order chi connectivity index (χ0) is 17.8. The van der Waals surface area contributed by atoms with Gasteiger partial charge in [0.2, 0.25) is 0 Å². The number of hydrogen-bond acceptors (Lipinski definition) is 4. The van der Waals surface area contributed by atoms with Gasteiger partial charge in [0.1, 0.15) is 5.75 Å². The van der Waals surface area contributed by atoms with Gasteiger partial charge in [0, 0.05) is 43.5 Å². The number of methoxy groups -OCH3 is 2. The topological polar surface area (TPSA) is 42.0 Å². The molecule has 1 amide bonds. The minimum absolute atomic E-state index is 0.138. The van der Waals surface area contributed by atoms with Crippen LogP contribution >= 0.6 is 0 Å². The molecule has 132 valence electrons. The lowest BCUT2D eigenvalue weighted by Gasteiger charge is -2.36. The van der Waals surface area contributed by atoms with Crippen molar-refractivity contribution in [3.05, 3.63) is 53.8 Å². The third kappa shape index (κ3) is 3.68. The number of carbonyl (C=O) groups excluding carboxylic acids is 1. The number of anilines is 1. The summed E-state index contributed by atoms with van der Waals surface area (Å²) in [5.74, 6) is 0.263. The summed E-state index contributed by atoms with van der Waals surface area (Å²) in [4.78, 5) is 16.5. The monoisotopic (exact) mass is 344 g/mol. The van der Waals surface area contributed by atoms with Crippen molar-refractivity contribution in [2.24, 2.45) is 0 Å². The molecule has 0 bridgehead atoms. The lowest BCUT2D eigenvalue weighted by atomic mass is 10.1. The Morgan fingerprint density at radius 3 is 2.40 bits per heavy atom. The minimum atomic E-state index is -0.525. The summed E-state index contributed by atoms with van der Waals surface area (Å²) < 4.78 is 24.0. The second kappa shape index (κ2) is 7.42. The standard InChI is InChI=1S/C19H21FN2O3/c1-24-16-5-3-4-15(13-16)21-8-10-22(11-9-21)19(23)14-6-7-18(25-2)17(20)12-14/h3-7,12-13H,8-11H2,1-2H3. The first-order valence-electron chi connectivity index (χ1n) is 8.14. The zero-order valence-electron chi connectivity index (χ0n) is 14.4. The number of rotatable bonds is 4. The van der Waals surface area contributed by atoms with Gasteiger partial charge in [0.25, 0.3) is 5.91 Å². The molecule has 1 heterocycles. The van der Waals surface area contributed by atoms with Crippen molar-refractivity contribution in [2.75, 3.05) is 45.3 Å². The first kappa shape index (κ1) is 17.1. The van der Waals surface area contributed by atoms with E-state index in [-0.39, 0.29) is 11.7 Å². The van der Waals surface area contributed by atoms with Gasteiger partial charge in [0.15, 0.2) is 11.6 Å². The summed E-state index contributed by atoms with van der Waals surface area (Å²) in [5, 5.41) is 0. The molecule has 2 aromatic rings. The van der Waals surface area contributed by atoms with Crippen LogP contribution in [0.1, 0.15) is 10.4 Å². The van der Waals surface area contributed by atoms with E-state index in [0.29, 0.717) is 18.7 Å². The van der Waals surface area contributed by atoms with Crippen LogP contribution in [0.2, 0.25) is 0 Å². The second-order valence-corrected chi connectivity index (χ2v) is 5.83. The quantitative estimate of drug-likeness (QED) is 0.855. The van der Waals surface area contributed by atoms with E-state index in [1.165, 1.54) is 19.2 Å². The average molecular weight is 344 g/mol. The zero-order valence-corrected chi connectivity index (χ0v) is 14.4. The Hall–Kier alpha value is -2.76. The fourth-order valence-corrected chi connectivity index (χ4v) is 2.96. The fraction of sp³-hybridized carbons (Fsp3) is 0.316. The van der Waals surface area contributed by atoms with Gasteiger partial charge in [-0.05, 0) is 30.3 Å². The summed E-state index contributed by atoms with van der Waals surface area (Å²) in [5.41, 5.74) is 1.41. The molecular weight excluding hydrogens is 323 g/mol. The van der Waals surface area contributed by atoms with Crippen molar-refractivity contribution in [2.45, 2.75) is 0 Å². The Morgan fingerprint density at radius 1 is 1.00 bits per heavy atom. The van der Waals surface area contributed by atoms with Gasteiger partial charge >= 0.3 is 0 Å². The van der Waals surface area contributed by atoms with E-state index in [4.69, 9.17) is 9.47 Å². The van der Waals surface area contributed by atoms with E-state index in [2.05, 4.69) is 4.90 Å². The molecule has 0 radical (unpaired) electrons. The second-order valence-electron chi connectivity index (χ2n) is 5.83. The van der Waals surface area contributed by atoms with Crippen molar-refractivity contribution in [3.8, 4) is 11.5 Å². The first-order chi connectivity index (χ1) is 12.1. The Balaban J connectivity index is 1.65. The number of benzene rings is 2. The number of nitrogens with zero attached hydrogens (tertiary/aromatic N) is 2. The third-order valence-corrected chi connectivity index (χ3v) is 4.38. The fourth-order valence-electron chi connectivity index (χ4n) is 2.96. The highest BCUT2D eigenvalue weighted by molar-refractivity contribution is 5.94. The normalized spacial score (nSPS) is 14.4. The van der Waals surface area contributed by atoms with Gasteiger partial charge in [-0.1, -0.05) is 6.07 Å². The molecule has 1 saturated heterocycles. The maximum absolute atomic E-state index is 13.8. The maximum Gasteiger partial charge on any atom is 0.254 e. The average Bonchev–Trinajstić information content (AvgIpc) is 2.67. The predicted octanol–water partition coefficient (Wildman–Crippen LogP) is 2.81. The summed E-state index contributed by atoms with van der Waals surface area (Å²) in [6.07, 6.45) is 0. The highest BCUT2D eigenvalue weighted by Crippen LogP contribution is 2.23. The summed E-state index contributed by atoms with van der Waals surface area (Å²) in [7, 11) is 3.04. The van der Waals surface area contributed by atoms with E-state index >= 15 is 0 Å². The minimum Gasteiger partial charge on any atom is -0.497 e. The molecule has 25 heavy (non-hydrogen) atoms. The van der Waals surface area contributed by atoms with Crippen LogP contribution in [0.4, 0.5) is 10.1 Å². The number of carbonyl (C=O) groups is 1. The number of piperazine rings is 1. The summed E-state index contributed by atoms with van der Waals surface area (Å²) in [6.45, 7) is 2.61. The highest BCUT2D eigenvalue weighted by Gasteiger charge is 2.23. The summed E-state index contributed by atoms with van der Waals surface area (Å²) >= 11 is 0. The molecule has 0 atom stereocenters. The van der Waals surface area contributed by atoms with Crippen molar-refractivity contribution >= 4 is 11.6 Å². The van der Waals surface area contributed by atoms with Crippen LogP contribution in [0.3, 0.4) is 0 Å². The van der Waals surface area contributed by atoms with Crippen molar-refractivity contribution in [1.82, 2.24) is 4.90 Å². The highest BCUT2D eigenvalue weighted by atomic mass is 19.1. The van der Waals surface area contributed by atoms with Crippen LogP contribution < -0.4 is 14.4 Å². The van der Waals surface area contributed by atoms with Gasteiger partial charge in [-0.25, -0.2) is 4.39 Å². The predicted molar refractivity (Wildman–Crippen MR) is 94.1 cm³/mol. The van der Waals surface area contributed by atoms with E-state index in [1.807, 2.05) is 24.3 Å². The molecule has 0 saturated carbocycles. The van der Waals surface area contributed by atoms with Crippen LogP contribution in [-0.2, 0) is 0 Å². The van der Waals surface area contributed by atoms with E-state index in [0.717, 1.165) is 24.5 Å². The SMILES string of the molecule is COc1cccc(N2CCN(C(=O)c3ccc(OC)c(F)c3)CC2)c1. The Labute approximate surface area is 146 Å². The molecule has 1 aliphatic heterocycles. The van der Waals surface area contributed by atoms with Gasteiger partial charge in [-0.3, -0.25) is 4.79 Å². The molecule has 1 aliphatic rings. The summed E-state index contributed by atoms with van der Waals surface area (Å²) in [6, 6.07) is 12.2. The Kier molecular flexibility index (Phi) is 5.07. The van der Waals surface area contributed by atoms with E-state index < -0.39 is 5.82 Å². The van der Waals surface area contributed by atoms with Crippen LogP contribution in [0.25, 0.3) is 0 Å². The largest absolute Gasteiger partial charge is 0.497 e. The lowest BCUT2D eigenvalue weighted by molar-refractivity contribution is 0.0746. The molecule has 3 rings (SSSR count). The number of amides is 1. The molecule has 0 aromatic heterocycles. The van der Waals surface area contributed by atoms with Crippen molar-refractivity contribution < 1.29 is 18.7 Å². The molecule has 0 aliphatic carbocycles. The lowest BCUT2D eigenvalue weighted by Crippen LogP contribution is -2.48. The third-order valence-electron chi connectivity index (χ3n) is 4.38. The van der Waals surface area contributed by atoms with Crippen molar-refractivity contribution in [1.29, 1.82) is 0 Å². The molecule has 1 fully saturated rings. The van der Waals surface area contributed by atoms with E-state index in [9.17, 15) is 9.18 Å². The molecule has 0 spiro atoms. The number of hydrogen-bond donors (Lipinski definition) is 0. The molecule has 6 heteroatoms. The van der Waals surface area contributed by atoms with Gasteiger partial charge in [-0.15, -0.1) is 0 Å². The Bertz CT molecular complexity index is 758.